The summed E-state index contributed by atoms with van der Waals surface area (Å²) in [5, 5.41) is 0. The number of nitrogens with one attached hydrogen (secondary N) is 1. The van der Waals surface area contributed by atoms with Gasteiger partial charge < -0.3 is 4.98 Å². The summed E-state index contributed by atoms with van der Waals surface area (Å²) in [4.78, 5) is 5.38. The third-order valence-electron chi connectivity index (χ3n) is 6.17. The smallest absolute Gasteiger partial charge is 0.298 e. The highest BCUT2D eigenvalue weighted by molar-refractivity contribution is 7.89. The Balaban J connectivity index is 1.67. The van der Waals surface area contributed by atoms with Crippen LogP contribution in [0.5, 0.6) is 0 Å². The van der Waals surface area contributed by atoms with Gasteiger partial charge in [0.1, 0.15) is 21.1 Å². The Labute approximate surface area is 204 Å². The second kappa shape index (κ2) is 14.2. The van der Waals surface area contributed by atoms with Gasteiger partial charge in [0.2, 0.25) is 0 Å². The van der Waals surface area contributed by atoms with E-state index >= 15 is 0 Å². The highest BCUT2D eigenvalue weighted by Crippen LogP contribution is 2.29. The lowest BCUT2D eigenvalue weighted by Gasteiger charge is -2.04. The summed E-state index contributed by atoms with van der Waals surface area (Å²) in [6, 6.07) is 2.27. The first-order valence-electron chi connectivity index (χ1n) is 12.6. The Kier molecular flexibility index (Phi) is 12.0. The van der Waals surface area contributed by atoms with Gasteiger partial charge in [-0.05, 0) is 18.6 Å². The summed E-state index contributed by atoms with van der Waals surface area (Å²) >= 11 is 0. The van der Waals surface area contributed by atoms with Crippen LogP contribution in [0.3, 0.4) is 0 Å². The molecule has 0 bridgehead atoms. The standard InChI is InChI=1S/C24H40N2O6S2/c1-2-3-4-5-6-7-8-9-10-11-12-13-14-15-16-17-22-25-20-18-19-21(33(27,28)29)24(23(20)26-22)34(30,31)32/h18-19H,2-17H2,1H3,(H,25,26)(H,27,28,29)(H,30,31,32). The van der Waals surface area contributed by atoms with E-state index in [-0.39, 0.29) is 11.0 Å². The summed E-state index contributed by atoms with van der Waals surface area (Å²) in [6.45, 7) is 2.25. The third kappa shape index (κ3) is 9.64. The van der Waals surface area contributed by atoms with Gasteiger partial charge in [0.25, 0.3) is 20.2 Å². The van der Waals surface area contributed by atoms with Crippen molar-refractivity contribution in [3.8, 4) is 0 Å². The van der Waals surface area contributed by atoms with Gasteiger partial charge in [-0.2, -0.15) is 16.8 Å². The molecule has 0 unspecified atom stereocenters. The van der Waals surface area contributed by atoms with Crippen molar-refractivity contribution >= 4 is 31.3 Å². The monoisotopic (exact) mass is 516 g/mol. The number of hydrogen-bond donors (Lipinski definition) is 3. The van der Waals surface area contributed by atoms with Crippen molar-refractivity contribution < 1.29 is 25.9 Å². The molecule has 3 N–H and O–H groups in total. The fourth-order valence-corrected chi connectivity index (χ4v) is 6.24. The number of aryl methyl sites for hydroxylation is 1. The Morgan fingerprint density at radius 2 is 1.18 bits per heavy atom. The van der Waals surface area contributed by atoms with Crippen molar-refractivity contribution in [3.63, 3.8) is 0 Å². The van der Waals surface area contributed by atoms with E-state index < -0.39 is 30.0 Å². The number of H-pyrrole nitrogens is 1. The maximum Gasteiger partial charge on any atom is 0.298 e. The molecule has 0 saturated heterocycles. The summed E-state index contributed by atoms with van der Waals surface area (Å²) in [5.74, 6) is 0.516. The van der Waals surface area contributed by atoms with Crippen molar-refractivity contribution in [2.45, 2.75) is 119 Å². The van der Waals surface area contributed by atoms with Crippen LogP contribution in [0.1, 0.15) is 109 Å². The van der Waals surface area contributed by atoms with Crippen LogP contribution in [-0.2, 0) is 26.7 Å². The lowest BCUT2D eigenvalue weighted by atomic mass is 10.0. The zero-order valence-electron chi connectivity index (χ0n) is 20.3. The molecular formula is C24H40N2O6S2. The number of hydrogen-bond acceptors (Lipinski definition) is 5. The Bertz CT molecular complexity index is 1090. The molecule has 8 nitrogen and oxygen atoms in total. The topological polar surface area (TPSA) is 137 Å². The van der Waals surface area contributed by atoms with E-state index in [1.807, 2.05) is 0 Å². The average molecular weight is 517 g/mol. The van der Waals surface area contributed by atoms with Gasteiger partial charge in [-0.15, -0.1) is 0 Å². The molecular weight excluding hydrogens is 476 g/mol. The zero-order chi connectivity index (χ0) is 25.0. The van der Waals surface area contributed by atoms with Crippen molar-refractivity contribution in [1.82, 2.24) is 9.97 Å². The number of rotatable bonds is 18. The van der Waals surface area contributed by atoms with Gasteiger partial charge >= 0.3 is 0 Å². The zero-order valence-corrected chi connectivity index (χ0v) is 21.9. The molecule has 0 radical (unpaired) electrons. The van der Waals surface area contributed by atoms with Crippen LogP contribution in [-0.4, -0.2) is 35.9 Å². The molecule has 0 aliphatic heterocycles. The maximum atomic E-state index is 11.8. The van der Waals surface area contributed by atoms with Crippen LogP contribution in [0, 0.1) is 0 Å². The molecule has 0 saturated carbocycles. The Morgan fingerprint density at radius 1 is 0.706 bits per heavy atom. The molecule has 194 valence electrons. The molecule has 1 aromatic heterocycles. The molecule has 1 heterocycles. The van der Waals surface area contributed by atoms with Gasteiger partial charge in [-0.3, -0.25) is 9.11 Å². The molecule has 0 spiro atoms. The normalized spacial score (nSPS) is 12.6. The van der Waals surface area contributed by atoms with Crippen molar-refractivity contribution in [3.05, 3.63) is 18.0 Å². The van der Waals surface area contributed by atoms with Crippen LogP contribution in [0.25, 0.3) is 11.0 Å². The number of fused-ring (bicyclic) bond motifs is 1. The van der Waals surface area contributed by atoms with Crippen LogP contribution >= 0.6 is 0 Å². The average Bonchev–Trinajstić information content (AvgIpc) is 3.17. The highest BCUT2D eigenvalue weighted by Gasteiger charge is 2.28. The molecule has 2 aromatic rings. The fourth-order valence-electron chi connectivity index (χ4n) is 4.32. The van der Waals surface area contributed by atoms with Gasteiger partial charge in [-0.25, -0.2) is 4.98 Å². The van der Waals surface area contributed by atoms with Crippen LogP contribution in [0.2, 0.25) is 0 Å². The van der Waals surface area contributed by atoms with Crippen LogP contribution in [0.15, 0.2) is 21.9 Å². The fraction of sp³-hybridized carbons (Fsp3) is 0.708. The minimum Gasteiger partial charge on any atom is -0.342 e. The summed E-state index contributed by atoms with van der Waals surface area (Å²) in [6.07, 6.45) is 19.5. The van der Waals surface area contributed by atoms with Gasteiger partial charge in [-0.1, -0.05) is 96.8 Å². The Morgan fingerprint density at radius 3 is 1.62 bits per heavy atom. The first-order valence-corrected chi connectivity index (χ1v) is 15.5. The molecule has 0 amide bonds. The maximum absolute atomic E-state index is 11.8. The summed E-state index contributed by atoms with van der Waals surface area (Å²) in [5.41, 5.74) is 0.101. The minimum atomic E-state index is -4.90. The van der Waals surface area contributed by atoms with Crippen molar-refractivity contribution in [1.29, 1.82) is 0 Å². The lowest BCUT2D eigenvalue weighted by Crippen LogP contribution is -2.09. The molecule has 10 heteroatoms. The third-order valence-corrected chi connectivity index (χ3v) is 8.13. The van der Waals surface area contributed by atoms with E-state index in [2.05, 4.69) is 16.9 Å². The van der Waals surface area contributed by atoms with Crippen molar-refractivity contribution in [2.24, 2.45) is 0 Å². The van der Waals surface area contributed by atoms with E-state index in [0.29, 0.717) is 12.2 Å². The number of aromatic nitrogens is 2. The van der Waals surface area contributed by atoms with Crippen LogP contribution in [0.4, 0.5) is 0 Å². The van der Waals surface area contributed by atoms with Crippen LogP contribution < -0.4 is 0 Å². The van der Waals surface area contributed by atoms with Gasteiger partial charge in [0, 0.05) is 6.42 Å². The largest absolute Gasteiger partial charge is 0.342 e. The molecule has 0 aliphatic rings. The minimum absolute atomic E-state index is 0.186. The van der Waals surface area contributed by atoms with Gasteiger partial charge in [0.05, 0.1) is 5.52 Å². The molecule has 0 fully saturated rings. The summed E-state index contributed by atoms with van der Waals surface area (Å²) in [7, 11) is -9.74. The molecule has 34 heavy (non-hydrogen) atoms. The van der Waals surface area contributed by atoms with Gasteiger partial charge in [0.15, 0.2) is 0 Å². The second-order valence-corrected chi connectivity index (χ2v) is 11.9. The van der Waals surface area contributed by atoms with E-state index in [1.165, 1.54) is 83.1 Å². The SMILES string of the molecule is CCCCCCCCCCCCCCCCCc1nc2c(S(=O)(=O)O)c(S(=O)(=O)O)ccc2[nH]1. The highest BCUT2D eigenvalue weighted by atomic mass is 32.2. The quantitative estimate of drug-likeness (QED) is 0.152. The van der Waals surface area contributed by atoms with E-state index in [0.717, 1.165) is 25.3 Å². The molecule has 1 aromatic carbocycles. The lowest BCUT2D eigenvalue weighted by molar-refractivity contribution is 0.467. The predicted molar refractivity (Wildman–Crippen MR) is 134 cm³/mol. The van der Waals surface area contributed by atoms with E-state index in [1.54, 1.807) is 0 Å². The second-order valence-electron chi connectivity index (χ2n) is 9.12. The van der Waals surface area contributed by atoms with E-state index in [9.17, 15) is 25.9 Å². The van der Waals surface area contributed by atoms with Crippen molar-refractivity contribution in [2.75, 3.05) is 0 Å². The number of nitrogens with zero attached hydrogens (tertiary/aromatic N) is 1. The first kappa shape index (κ1) is 28.7. The Hall–Kier alpha value is -1.49. The first-order chi connectivity index (χ1) is 16.1. The predicted octanol–water partition coefficient (Wildman–Crippen LogP) is 6.47. The molecule has 2 rings (SSSR count). The molecule has 0 atom stereocenters. The van der Waals surface area contributed by atoms with E-state index in [4.69, 9.17) is 0 Å². The number of unbranched alkanes of at least 4 members (excludes halogenated alkanes) is 14. The number of benzene rings is 1. The summed E-state index contributed by atoms with van der Waals surface area (Å²) < 4.78 is 65.4. The number of aromatic amines is 1. The molecule has 0 aliphatic carbocycles. The number of imidazole rings is 1.